The van der Waals surface area contributed by atoms with Gasteiger partial charge in [-0.1, -0.05) is 26.7 Å². The van der Waals surface area contributed by atoms with Crippen molar-refractivity contribution in [3.63, 3.8) is 0 Å². The third-order valence-corrected chi connectivity index (χ3v) is 1.97. The first-order chi connectivity index (χ1) is 5.77. The fourth-order valence-electron chi connectivity index (χ4n) is 1.49. The van der Waals surface area contributed by atoms with E-state index >= 15 is 0 Å². The second-order valence-corrected chi connectivity index (χ2v) is 3.25. The average molecular weight is 166 g/mol. The molecule has 1 aromatic rings. The summed E-state index contributed by atoms with van der Waals surface area (Å²) in [7, 11) is 0. The Morgan fingerprint density at radius 3 is 2.42 bits per heavy atom. The third kappa shape index (κ3) is 2.10. The summed E-state index contributed by atoms with van der Waals surface area (Å²) in [6.45, 7) is 6.42. The van der Waals surface area contributed by atoms with Crippen LogP contribution in [0.4, 0.5) is 0 Å². The van der Waals surface area contributed by atoms with Crippen molar-refractivity contribution in [1.29, 1.82) is 0 Å². The highest BCUT2D eigenvalue weighted by Gasteiger charge is 2.05. The lowest BCUT2D eigenvalue weighted by Gasteiger charge is -1.97. The van der Waals surface area contributed by atoms with Crippen LogP contribution < -0.4 is 0 Å². The zero-order chi connectivity index (χ0) is 8.97. The van der Waals surface area contributed by atoms with Crippen molar-refractivity contribution in [3.8, 4) is 0 Å². The van der Waals surface area contributed by atoms with Crippen LogP contribution in [0, 0.1) is 6.92 Å². The quantitative estimate of drug-likeness (QED) is 0.731. The van der Waals surface area contributed by atoms with Gasteiger partial charge in [-0.3, -0.25) is 0 Å². The zero-order valence-electron chi connectivity index (χ0n) is 8.28. The van der Waals surface area contributed by atoms with Gasteiger partial charge in [0.15, 0.2) is 0 Å². The molecule has 1 aromatic heterocycles. The fraction of sp³-hybridized carbons (Fsp3) is 0.700. The molecule has 1 rings (SSSR count). The van der Waals surface area contributed by atoms with Crippen LogP contribution in [0.1, 0.15) is 43.9 Å². The minimum Gasteiger partial charge on any atom is -0.346 e. The van der Waals surface area contributed by atoms with Gasteiger partial charge in [-0.05, 0) is 19.8 Å². The molecule has 0 amide bonds. The normalized spacial score (nSPS) is 10.6. The van der Waals surface area contributed by atoms with Crippen molar-refractivity contribution in [1.82, 2.24) is 9.97 Å². The van der Waals surface area contributed by atoms with Crippen molar-refractivity contribution in [2.75, 3.05) is 0 Å². The van der Waals surface area contributed by atoms with Gasteiger partial charge >= 0.3 is 0 Å². The van der Waals surface area contributed by atoms with Crippen LogP contribution in [-0.2, 0) is 12.8 Å². The smallest absolute Gasteiger partial charge is 0.103 e. The number of hydrogen-bond acceptors (Lipinski definition) is 1. The highest BCUT2D eigenvalue weighted by atomic mass is 14.9. The number of aromatic amines is 1. The van der Waals surface area contributed by atoms with Crippen LogP contribution >= 0.6 is 0 Å². The van der Waals surface area contributed by atoms with Gasteiger partial charge < -0.3 is 4.98 Å². The van der Waals surface area contributed by atoms with Crippen LogP contribution in [-0.4, -0.2) is 9.97 Å². The molecule has 0 aliphatic carbocycles. The molecule has 0 unspecified atom stereocenters. The van der Waals surface area contributed by atoms with E-state index in [4.69, 9.17) is 0 Å². The Hall–Kier alpha value is -0.790. The standard InChI is InChI=1S/C10H18N2/c1-4-6-9-10(7-5-2)12-8(3)11-9/h4-7H2,1-3H3,(H,11,12). The van der Waals surface area contributed by atoms with Crippen LogP contribution in [0.2, 0.25) is 0 Å². The number of rotatable bonds is 4. The molecule has 2 heteroatoms. The van der Waals surface area contributed by atoms with E-state index in [2.05, 4.69) is 23.8 Å². The van der Waals surface area contributed by atoms with Gasteiger partial charge in [-0.25, -0.2) is 4.98 Å². The van der Waals surface area contributed by atoms with Gasteiger partial charge in [0.25, 0.3) is 0 Å². The van der Waals surface area contributed by atoms with Crippen molar-refractivity contribution >= 4 is 0 Å². The van der Waals surface area contributed by atoms with Crippen LogP contribution in [0.3, 0.4) is 0 Å². The van der Waals surface area contributed by atoms with Crippen molar-refractivity contribution in [3.05, 3.63) is 17.2 Å². The zero-order valence-corrected chi connectivity index (χ0v) is 8.28. The maximum absolute atomic E-state index is 4.46. The number of aryl methyl sites for hydroxylation is 3. The van der Waals surface area contributed by atoms with Gasteiger partial charge in [-0.2, -0.15) is 0 Å². The van der Waals surface area contributed by atoms with E-state index in [1.54, 1.807) is 0 Å². The lowest BCUT2D eigenvalue weighted by atomic mass is 10.1. The Morgan fingerprint density at radius 1 is 1.17 bits per heavy atom. The van der Waals surface area contributed by atoms with Crippen LogP contribution in [0.25, 0.3) is 0 Å². The molecule has 0 fully saturated rings. The van der Waals surface area contributed by atoms with Crippen LogP contribution in [0.5, 0.6) is 0 Å². The van der Waals surface area contributed by atoms with Gasteiger partial charge in [0.1, 0.15) is 5.82 Å². The Bertz CT molecular complexity index is 214. The molecule has 0 atom stereocenters. The Kier molecular flexibility index (Phi) is 3.32. The molecule has 0 aliphatic rings. The van der Waals surface area contributed by atoms with E-state index in [9.17, 15) is 0 Å². The van der Waals surface area contributed by atoms with E-state index in [0.717, 1.165) is 18.7 Å². The molecular formula is C10H18N2. The summed E-state index contributed by atoms with van der Waals surface area (Å²) in [5, 5.41) is 0. The molecule has 0 saturated heterocycles. The number of aromatic nitrogens is 2. The topological polar surface area (TPSA) is 28.7 Å². The predicted octanol–water partition coefficient (Wildman–Crippen LogP) is 2.62. The highest BCUT2D eigenvalue weighted by molar-refractivity contribution is 5.14. The molecule has 68 valence electrons. The summed E-state index contributed by atoms with van der Waals surface area (Å²) in [5.74, 6) is 1.06. The number of hydrogen-bond donors (Lipinski definition) is 1. The summed E-state index contributed by atoms with van der Waals surface area (Å²) in [6.07, 6.45) is 4.62. The summed E-state index contributed by atoms with van der Waals surface area (Å²) >= 11 is 0. The third-order valence-electron chi connectivity index (χ3n) is 1.97. The first kappa shape index (κ1) is 9.30. The monoisotopic (exact) mass is 166 g/mol. The number of nitrogens with zero attached hydrogens (tertiary/aromatic N) is 1. The molecular weight excluding hydrogens is 148 g/mol. The number of imidazole rings is 1. The van der Waals surface area contributed by atoms with Crippen LogP contribution in [0.15, 0.2) is 0 Å². The van der Waals surface area contributed by atoms with E-state index in [-0.39, 0.29) is 0 Å². The second kappa shape index (κ2) is 4.29. The second-order valence-electron chi connectivity index (χ2n) is 3.25. The maximum atomic E-state index is 4.46. The number of H-pyrrole nitrogens is 1. The molecule has 0 aromatic carbocycles. The molecule has 12 heavy (non-hydrogen) atoms. The van der Waals surface area contributed by atoms with Gasteiger partial charge in [-0.15, -0.1) is 0 Å². The number of nitrogens with one attached hydrogen (secondary N) is 1. The van der Waals surface area contributed by atoms with E-state index in [1.807, 2.05) is 6.92 Å². The molecule has 1 heterocycles. The highest BCUT2D eigenvalue weighted by Crippen LogP contribution is 2.10. The molecule has 2 nitrogen and oxygen atoms in total. The minimum atomic E-state index is 1.06. The van der Waals surface area contributed by atoms with Crippen molar-refractivity contribution in [2.45, 2.75) is 46.5 Å². The molecule has 0 bridgehead atoms. The Morgan fingerprint density at radius 2 is 1.83 bits per heavy atom. The predicted molar refractivity (Wildman–Crippen MR) is 51.3 cm³/mol. The van der Waals surface area contributed by atoms with Crippen molar-refractivity contribution in [2.24, 2.45) is 0 Å². The van der Waals surface area contributed by atoms with Crippen molar-refractivity contribution < 1.29 is 0 Å². The Labute approximate surface area is 74.4 Å². The lowest BCUT2D eigenvalue weighted by molar-refractivity contribution is 0.831. The van der Waals surface area contributed by atoms with Gasteiger partial charge in [0, 0.05) is 5.69 Å². The fourth-order valence-corrected chi connectivity index (χ4v) is 1.49. The Balaban J connectivity index is 2.76. The van der Waals surface area contributed by atoms with E-state index in [0.29, 0.717) is 0 Å². The maximum Gasteiger partial charge on any atom is 0.103 e. The summed E-state index contributed by atoms with van der Waals surface area (Å²) < 4.78 is 0. The average Bonchev–Trinajstić information content (AvgIpc) is 2.33. The largest absolute Gasteiger partial charge is 0.346 e. The SMILES string of the molecule is CCCc1nc(C)[nH]c1CCC. The lowest BCUT2D eigenvalue weighted by Crippen LogP contribution is -1.91. The summed E-state index contributed by atoms with van der Waals surface area (Å²) in [6, 6.07) is 0. The molecule has 1 N–H and O–H groups in total. The van der Waals surface area contributed by atoms with Gasteiger partial charge in [0.2, 0.25) is 0 Å². The summed E-state index contributed by atoms with van der Waals surface area (Å²) in [4.78, 5) is 7.78. The molecule has 0 radical (unpaired) electrons. The van der Waals surface area contributed by atoms with E-state index in [1.165, 1.54) is 24.2 Å². The summed E-state index contributed by atoms with van der Waals surface area (Å²) in [5.41, 5.74) is 2.62. The van der Waals surface area contributed by atoms with Gasteiger partial charge in [0.05, 0.1) is 5.69 Å². The molecule has 0 spiro atoms. The first-order valence-corrected chi connectivity index (χ1v) is 4.82. The minimum absolute atomic E-state index is 1.06. The first-order valence-electron chi connectivity index (χ1n) is 4.82. The molecule has 0 aliphatic heterocycles. The molecule has 0 saturated carbocycles. The van der Waals surface area contributed by atoms with E-state index < -0.39 is 0 Å².